The number of ether oxygens (including phenoxy) is 1. The maximum atomic E-state index is 13.2. The number of carbonyl (C=O) groups is 2. The molecule has 1 aliphatic rings. The molecule has 0 unspecified atom stereocenters. The molecule has 0 radical (unpaired) electrons. The van der Waals surface area contributed by atoms with Crippen LogP contribution >= 0.6 is 0 Å². The standard InChI is InChI=1S/C30H29N3O4/c1-29(2)18-30(19-29,21-9-4-3-5-10-21)25-16-23(14-15-24(25)27(34)33(31)28(35)36)37-17-22-13-12-20-8-6-7-11-26(20)32-22/h3-16H,17-19,31H2,1-2H3,(H,35,36). The van der Waals surface area contributed by atoms with E-state index in [0.29, 0.717) is 11.3 Å². The van der Waals surface area contributed by atoms with E-state index in [1.54, 1.807) is 12.1 Å². The predicted molar refractivity (Wildman–Crippen MR) is 141 cm³/mol. The van der Waals surface area contributed by atoms with Crippen LogP contribution in [0.2, 0.25) is 0 Å². The molecule has 0 spiro atoms. The number of pyridine rings is 1. The van der Waals surface area contributed by atoms with Gasteiger partial charge in [0.15, 0.2) is 0 Å². The first kappa shape index (κ1) is 24.5. The number of hydrazine groups is 1. The molecule has 0 bridgehead atoms. The fourth-order valence-electron chi connectivity index (χ4n) is 5.65. The molecule has 7 heteroatoms. The van der Waals surface area contributed by atoms with Crippen LogP contribution in [0.5, 0.6) is 5.75 Å². The number of amides is 2. The minimum Gasteiger partial charge on any atom is -0.487 e. The number of fused-ring (bicyclic) bond motifs is 1. The van der Waals surface area contributed by atoms with Gasteiger partial charge in [0.1, 0.15) is 12.4 Å². The number of benzene rings is 3. The quantitative estimate of drug-likeness (QED) is 0.196. The van der Waals surface area contributed by atoms with Crippen molar-refractivity contribution in [3.8, 4) is 5.75 Å². The molecular formula is C30H29N3O4. The van der Waals surface area contributed by atoms with Crippen molar-refractivity contribution < 1.29 is 19.4 Å². The number of rotatable bonds is 6. The smallest absolute Gasteiger partial charge is 0.429 e. The lowest BCUT2D eigenvalue weighted by Gasteiger charge is -2.54. The van der Waals surface area contributed by atoms with Gasteiger partial charge in [0.2, 0.25) is 0 Å². The van der Waals surface area contributed by atoms with E-state index in [0.717, 1.165) is 35.0 Å². The number of nitrogens with zero attached hydrogens (tertiary/aromatic N) is 2. The number of hydrogen-bond acceptors (Lipinski definition) is 5. The minimum atomic E-state index is -1.51. The Morgan fingerprint density at radius 2 is 1.68 bits per heavy atom. The average Bonchev–Trinajstić information content (AvgIpc) is 2.89. The van der Waals surface area contributed by atoms with Gasteiger partial charge < -0.3 is 9.84 Å². The summed E-state index contributed by atoms with van der Waals surface area (Å²) >= 11 is 0. The van der Waals surface area contributed by atoms with Gasteiger partial charge >= 0.3 is 6.09 Å². The van der Waals surface area contributed by atoms with E-state index in [2.05, 4.69) is 18.8 Å². The Morgan fingerprint density at radius 1 is 0.973 bits per heavy atom. The summed E-state index contributed by atoms with van der Waals surface area (Å²) in [6.45, 7) is 4.63. The molecule has 37 heavy (non-hydrogen) atoms. The van der Waals surface area contributed by atoms with Crippen molar-refractivity contribution in [3.63, 3.8) is 0 Å². The van der Waals surface area contributed by atoms with Crippen LogP contribution in [0.4, 0.5) is 4.79 Å². The van der Waals surface area contributed by atoms with Gasteiger partial charge in [0, 0.05) is 16.4 Å². The lowest BCUT2D eigenvalue weighted by atomic mass is 9.49. The molecular weight excluding hydrogens is 466 g/mol. The van der Waals surface area contributed by atoms with Crippen molar-refractivity contribution in [1.82, 2.24) is 9.99 Å². The zero-order chi connectivity index (χ0) is 26.2. The van der Waals surface area contributed by atoms with Gasteiger partial charge in [-0.3, -0.25) is 4.79 Å². The summed E-state index contributed by atoms with van der Waals surface area (Å²) in [7, 11) is 0. The molecule has 2 amide bonds. The Morgan fingerprint density at radius 3 is 2.38 bits per heavy atom. The zero-order valence-electron chi connectivity index (χ0n) is 20.8. The van der Waals surface area contributed by atoms with Crippen molar-refractivity contribution in [2.24, 2.45) is 11.3 Å². The molecule has 1 saturated carbocycles. The van der Waals surface area contributed by atoms with Gasteiger partial charge in [0.25, 0.3) is 5.91 Å². The number of para-hydroxylation sites is 1. The molecule has 188 valence electrons. The monoisotopic (exact) mass is 495 g/mol. The maximum absolute atomic E-state index is 13.2. The SMILES string of the molecule is CC1(C)CC(c2ccccc2)(c2cc(OCc3ccc4ccccc4n3)ccc2C(=O)N(N)C(=O)O)C1. The third kappa shape index (κ3) is 4.66. The Hall–Kier alpha value is -4.23. The Balaban J connectivity index is 1.54. The van der Waals surface area contributed by atoms with Gasteiger partial charge in [-0.25, -0.2) is 15.6 Å². The lowest BCUT2D eigenvalue weighted by Crippen LogP contribution is -2.49. The molecule has 1 fully saturated rings. The summed E-state index contributed by atoms with van der Waals surface area (Å²) < 4.78 is 6.14. The molecule has 3 aromatic carbocycles. The highest BCUT2D eigenvalue weighted by atomic mass is 16.5. The molecule has 0 atom stereocenters. The van der Waals surface area contributed by atoms with Crippen molar-refractivity contribution in [2.75, 3.05) is 0 Å². The second-order valence-corrected chi connectivity index (χ2v) is 10.4. The van der Waals surface area contributed by atoms with E-state index < -0.39 is 17.4 Å². The fourth-order valence-corrected chi connectivity index (χ4v) is 5.65. The van der Waals surface area contributed by atoms with Crippen molar-refractivity contribution in [3.05, 3.63) is 107 Å². The van der Waals surface area contributed by atoms with Crippen molar-refractivity contribution >= 4 is 22.9 Å². The number of carbonyl (C=O) groups excluding carboxylic acids is 1. The van der Waals surface area contributed by atoms with E-state index in [1.807, 2.05) is 72.8 Å². The topological polar surface area (TPSA) is 106 Å². The Bertz CT molecular complexity index is 1470. The molecule has 1 aromatic heterocycles. The summed E-state index contributed by atoms with van der Waals surface area (Å²) in [6.07, 6.45) is 0.0660. The summed E-state index contributed by atoms with van der Waals surface area (Å²) in [6, 6.07) is 27.0. The average molecular weight is 496 g/mol. The first-order valence-corrected chi connectivity index (χ1v) is 12.2. The summed E-state index contributed by atoms with van der Waals surface area (Å²) in [5.74, 6) is 5.42. The summed E-state index contributed by atoms with van der Waals surface area (Å²) in [5.41, 5.74) is 3.27. The summed E-state index contributed by atoms with van der Waals surface area (Å²) in [4.78, 5) is 29.3. The Kier molecular flexibility index (Phi) is 6.17. The molecule has 5 rings (SSSR count). The van der Waals surface area contributed by atoms with E-state index in [9.17, 15) is 14.7 Å². The Labute approximate surface area is 215 Å². The molecule has 4 aromatic rings. The van der Waals surface area contributed by atoms with Crippen molar-refractivity contribution in [1.29, 1.82) is 0 Å². The van der Waals surface area contributed by atoms with Crippen molar-refractivity contribution in [2.45, 2.75) is 38.7 Å². The normalized spacial score (nSPS) is 15.5. The second kappa shape index (κ2) is 9.33. The van der Waals surface area contributed by atoms with E-state index >= 15 is 0 Å². The van der Waals surface area contributed by atoms with E-state index in [-0.39, 0.29) is 22.6 Å². The first-order chi connectivity index (χ1) is 17.7. The van der Waals surface area contributed by atoms with Crippen LogP contribution in [0.25, 0.3) is 10.9 Å². The number of hydrogen-bond donors (Lipinski definition) is 2. The zero-order valence-corrected chi connectivity index (χ0v) is 20.8. The third-order valence-corrected chi connectivity index (χ3v) is 7.09. The molecule has 1 heterocycles. The van der Waals surface area contributed by atoms with Crippen LogP contribution < -0.4 is 10.6 Å². The maximum Gasteiger partial charge on any atom is 0.429 e. The molecule has 0 aliphatic heterocycles. The number of carboxylic acid groups (broad SMARTS) is 1. The van der Waals surface area contributed by atoms with Gasteiger partial charge in [-0.2, -0.15) is 5.01 Å². The second-order valence-electron chi connectivity index (χ2n) is 10.4. The van der Waals surface area contributed by atoms with Crippen LogP contribution in [0.15, 0.2) is 84.9 Å². The number of aromatic nitrogens is 1. The van der Waals surface area contributed by atoms with Crippen LogP contribution in [-0.2, 0) is 12.0 Å². The van der Waals surface area contributed by atoms with Gasteiger partial charge in [-0.05, 0) is 59.7 Å². The van der Waals surface area contributed by atoms with Gasteiger partial charge in [-0.1, -0.05) is 68.4 Å². The van der Waals surface area contributed by atoms with Crippen LogP contribution in [0, 0.1) is 5.41 Å². The van der Waals surface area contributed by atoms with Crippen LogP contribution in [-0.4, -0.2) is 27.1 Å². The first-order valence-electron chi connectivity index (χ1n) is 12.2. The highest BCUT2D eigenvalue weighted by molar-refractivity contribution is 6.03. The third-order valence-electron chi connectivity index (χ3n) is 7.09. The predicted octanol–water partition coefficient (Wildman–Crippen LogP) is 5.91. The number of nitrogens with two attached hydrogens (primary N) is 1. The number of imide groups is 1. The highest BCUT2D eigenvalue weighted by Crippen LogP contribution is 2.59. The minimum absolute atomic E-state index is 0.0528. The van der Waals surface area contributed by atoms with Gasteiger partial charge in [-0.15, -0.1) is 0 Å². The van der Waals surface area contributed by atoms with Gasteiger partial charge in [0.05, 0.1) is 11.2 Å². The fraction of sp³-hybridized carbons (Fsp3) is 0.233. The summed E-state index contributed by atoms with van der Waals surface area (Å²) in [5, 5.41) is 10.7. The lowest BCUT2D eigenvalue weighted by molar-refractivity contribution is 0.0706. The largest absolute Gasteiger partial charge is 0.487 e. The van der Waals surface area contributed by atoms with E-state index in [1.165, 1.54) is 0 Å². The molecule has 3 N–H and O–H groups in total. The van der Waals surface area contributed by atoms with Crippen LogP contribution in [0.1, 0.15) is 53.9 Å². The van der Waals surface area contributed by atoms with Crippen LogP contribution in [0.3, 0.4) is 0 Å². The highest BCUT2D eigenvalue weighted by Gasteiger charge is 2.52. The molecule has 7 nitrogen and oxygen atoms in total. The molecule has 0 saturated heterocycles. The molecule has 1 aliphatic carbocycles. The van der Waals surface area contributed by atoms with E-state index in [4.69, 9.17) is 10.6 Å².